The van der Waals surface area contributed by atoms with Gasteiger partial charge in [0.1, 0.15) is 0 Å². The zero-order valence-corrected chi connectivity index (χ0v) is 10.5. The number of nitrogens with two attached hydrogens (primary N) is 1. The lowest BCUT2D eigenvalue weighted by atomic mass is 10.3. The van der Waals surface area contributed by atoms with Crippen molar-refractivity contribution in [2.24, 2.45) is 0 Å². The van der Waals surface area contributed by atoms with E-state index in [1.54, 1.807) is 19.1 Å². The third-order valence-electron chi connectivity index (χ3n) is 1.78. The molecule has 0 radical (unpaired) electrons. The van der Waals surface area contributed by atoms with Crippen LogP contribution in [-0.4, -0.2) is 15.9 Å². The van der Waals surface area contributed by atoms with Crippen LogP contribution < -0.4 is 5.73 Å². The minimum atomic E-state index is 0.141. The summed E-state index contributed by atoms with van der Waals surface area (Å²) >= 11 is 7.09. The Kier molecular flexibility index (Phi) is 5.35. The molecule has 0 fully saturated rings. The second-order valence-electron chi connectivity index (χ2n) is 3.15. The molecule has 0 saturated carbocycles. The van der Waals surface area contributed by atoms with Gasteiger partial charge in [-0.15, -0.1) is 0 Å². The second-order valence-corrected chi connectivity index (χ2v) is 4.78. The first kappa shape index (κ1) is 13.1. The number of aromatic nitrogens is 1. The molecule has 1 rings (SSSR count). The molecule has 1 heterocycles. The molecular formula is C11H13ClN2OS. The Bertz CT molecular complexity index is 407. The number of pyridine rings is 1. The molecule has 0 aromatic carbocycles. The van der Waals surface area contributed by atoms with E-state index in [0.717, 1.165) is 17.9 Å². The maximum Gasteiger partial charge on any atom is 0.185 e. The van der Waals surface area contributed by atoms with Crippen molar-refractivity contribution in [3.63, 3.8) is 0 Å². The summed E-state index contributed by atoms with van der Waals surface area (Å²) in [4.78, 5) is 14.7. The van der Waals surface area contributed by atoms with Crippen LogP contribution in [0, 0.1) is 0 Å². The highest BCUT2D eigenvalue weighted by molar-refractivity contribution is 8.13. The van der Waals surface area contributed by atoms with Gasteiger partial charge >= 0.3 is 0 Å². The number of rotatable bonds is 4. The molecule has 5 heteroatoms. The number of hydrogen-bond donors (Lipinski definition) is 1. The SMILES string of the molecule is CC(=O)SCCC=Cc1ccc(N)c(Cl)n1. The topological polar surface area (TPSA) is 56.0 Å². The molecular weight excluding hydrogens is 244 g/mol. The monoisotopic (exact) mass is 256 g/mol. The maximum atomic E-state index is 10.7. The standard InChI is InChI=1S/C11H13ClN2OS/c1-8(15)16-7-3-2-4-9-5-6-10(13)11(12)14-9/h2,4-6H,3,7,13H2,1H3. The summed E-state index contributed by atoms with van der Waals surface area (Å²) in [7, 11) is 0. The summed E-state index contributed by atoms with van der Waals surface area (Å²) in [5, 5.41) is 0.460. The van der Waals surface area contributed by atoms with Gasteiger partial charge in [0.25, 0.3) is 0 Å². The second kappa shape index (κ2) is 6.55. The molecule has 0 aliphatic heterocycles. The summed E-state index contributed by atoms with van der Waals surface area (Å²) in [5.74, 6) is 0.786. The van der Waals surface area contributed by atoms with E-state index in [2.05, 4.69) is 4.98 Å². The van der Waals surface area contributed by atoms with Gasteiger partial charge in [-0.05, 0) is 24.6 Å². The fraction of sp³-hybridized carbons (Fsp3) is 0.273. The first-order chi connectivity index (χ1) is 7.59. The highest BCUT2D eigenvalue weighted by Gasteiger charge is 1.97. The van der Waals surface area contributed by atoms with Gasteiger partial charge < -0.3 is 5.73 Å². The lowest BCUT2D eigenvalue weighted by Gasteiger charge is -1.98. The van der Waals surface area contributed by atoms with Crippen molar-refractivity contribution in [2.45, 2.75) is 13.3 Å². The van der Waals surface area contributed by atoms with Crippen molar-refractivity contribution in [1.29, 1.82) is 0 Å². The van der Waals surface area contributed by atoms with Gasteiger partial charge in [-0.1, -0.05) is 29.4 Å². The lowest BCUT2D eigenvalue weighted by Crippen LogP contribution is -1.90. The molecule has 0 bridgehead atoms. The van der Waals surface area contributed by atoms with E-state index in [1.807, 2.05) is 12.2 Å². The quantitative estimate of drug-likeness (QED) is 0.665. The lowest BCUT2D eigenvalue weighted by molar-refractivity contribution is -0.109. The van der Waals surface area contributed by atoms with Crippen LogP contribution >= 0.6 is 23.4 Å². The number of halogens is 1. The van der Waals surface area contributed by atoms with Gasteiger partial charge in [0, 0.05) is 12.7 Å². The number of thioether (sulfide) groups is 1. The van der Waals surface area contributed by atoms with Crippen molar-refractivity contribution in [3.8, 4) is 0 Å². The van der Waals surface area contributed by atoms with Gasteiger partial charge in [0.05, 0.1) is 11.4 Å². The molecule has 2 N–H and O–H groups in total. The molecule has 1 aromatic heterocycles. The fourth-order valence-electron chi connectivity index (χ4n) is 1.03. The van der Waals surface area contributed by atoms with Crippen molar-refractivity contribution in [2.75, 3.05) is 11.5 Å². The number of carbonyl (C=O) groups excluding carboxylic acids is 1. The van der Waals surface area contributed by atoms with Crippen molar-refractivity contribution < 1.29 is 4.79 Å². The van der Waals surface area contributed by atoms with E-state index in [0.29, 0.717) is 10.8 Å². The van der Waals surface area contributed by atoms with E-state index >= 15 is 0 Å². The maximum absolute atomic E-state index is 10.7. The number of nitrogens with zero attached hydrogens (tertiary/aromatic N) is 1. The zero-order chi connectivity index (χ0) is 12.0. The van der Waals surface area contributed by atoms with Crippen molar-refractivity contribution >= 4 is 40.2 Å². The molecule has 16 heavy (non-hydrogen) atoms. The van der Waals surface area contributed by atoms with Crippen LogP contribution in [0.5, 0.6) is 0 Å². The summed E-state index contributed by atoms with van der Waals surface area (Å²) in [6.45, 7) is 1.57. The number of hydrogen-bond acceptors (Lipinski definition) is 4. The molecule has 1 aromatic rings. The Labute approximate surface area is 104 Å². The Hall–Kier alpha value is -1.000. The van der Waals surface area contributed by atoms with Gasteiger partial charge in [0.2, 0.25) is 0 Å². The third-order valence-corrected chi connectivity index (χ3v) is 2.93. The average Bonchev–Trinajstić information content (AvgIpc) is 2.22. The van der Waals surface area contributed by atoms with Crippen LogP contribution in [0.1, 0.15) is 19.0 Å². The largest absolute Gasteiger partial charge is 0.396 e. The van der Waals surface area contributed by atoms with Crippen LogP contribution in [0.3, 0.4) is 0 Å². The number of carbonyl (C=O) groups is 1. The van der Waals surface area contributed by atoms with Gasteiger partial charge in [-0.25, -0.2) is 4.98 Å². The predicted octanol–water partition coefficient (Wildman–Crippen LogP) is 3.00. The van der Waals surface area contributed by atoms with E-state index in [4.69, 9.17) is 17.3 Å². The molecule has 0 spiro atoms. The number of allylic oxidation sites excluding steroid dienone is 1. The molecule has 86 valence electrons. The minimum Gasteiger partial charge on any atom is -0.396 e. The Balaban J connectivity index is 2.44. The van der Waals surface area contributed by atoms with Gasteiger partial charge in [0.15, 0.2) is 10.3 Å². The first-order valence-electron chi connectivity index (χ1n) is 4.81. The van der Waals surface area contributed by atoms with E-state index in [-0.39, 0.29) is 5.12 Å². The summed E-state index contributed by atoms with van der Waals surface area (Å²) in [6, 6.07) is 3.52. The zero-order valence-electron chi connectivity index (χ0n) is 8.94. The van der Waals surface area contributed by atoms with Gasteiger partial charge in [-0.2, -0.15) is 0 Å². The molecule has 0 atom stereocenters. The highest BCUT2D eigenvalue weighted by atomic mass is 35.5. The van der Waals surface area contributed by atoms with Crippen LogP contribution in [0.15, 0.2) is 18.2 Å². The van der Waals surface area contributed by atoms with Crippen molar-refractivity contribution in [3.05, 3.63) is 29.1 Å². The first-order valence-corrected chi connectivity index (χ1v) is 6.18. The van der Waals surface area contributed by atoms with E-state index in [9.17, 15) is 4.79 Å². The van der Waals surface area contributed by atoms with Crippen LogP contribution in [-0.2, 0) is 4.79 Å². The molecule has 0 amide bonds. The minimum absolute atomic E-state index is 0.141. The Morgan fingerprint density at radius 1 is 1.62 bits per heavy atom. The predicted molar refractivity (Wildman–Crippen MR) is 70.4 cm³/mol. The molecule has 0 aliphatic carbocycles. The van der Waals surface area contributed by atoms with E-state index < -0.39 is 0 Å². The molecule has 3 nitrogen and oxygen atoms in total. The average molecular weight is 257 g/mol. The molecule has 0 aliphatic rings. The molecule has 0 unspecified atom stereocenters. The van der Waals surface area contributed by atoms with Crippen LogP contribution in [0.25, 0.3) is 6.08 Å². The molecule has 0 saturated heterocycles. The summed E-state index contributed by atoms with van der Waals surface area (Å²) in [5.41, 5.74) is 6.79. The van der Waals surface area contributed by atoms with Crippen LogP contribution in [0.4, 0.5) is 5.69 Å². The highest BCUT2D eigenvalue weighted by Crippen LogP contribution is 2.16. The fourth-order valence-corrected chi connectivity index (χ4v) is 1.73. The smallest absolute Gasteiger partial charge is 0.185 e. The Morgan fingerprint density at radius 3 is 3.00 bits per heavy atom. The summed E-state index contributed by atoms with van der Waals surface area (Å²) < 4.78 is 0. The normalized spacial score (nSPS) is 10.9. The Morgan fingerprint density at radius 2 is 2.38 bits per heavy atom. The number of anilines is 1. The summed E-state index contributed by atoms with van der Waals surface area (Å²) in [6.07, 6.45) is 4.66. The van der Waals surface area contributed by atoms with Gasteiger partial charge in [-0.3, -0.25) is 4.79 Å². The number of nitrogen functional groups attached to an aromatic ring is 1. The van der Waals surface area contributed by atoms with E-state index in [1.165, 1.54) is 11.8 Å². The van der Waals surface area contributed by atoms with Crippen LogP contribution in [0.2, 0.25) is 5.15 Å². The third kappa shape index (κ3) is 4.68. The van der Waals surface area contributed by atoms with Crippen molar-refractivity contribution in [1.82, 2.24) is 4.98 Å².